The van der Waals surface area contributed by atoms with Crippen molar-refractivity contribution >= 4 is 10.0 Å². The minimum atomic E-state index is -3.54. The van der Waals surface area contributed by atoms with Crippen molar-refractivity contribution in [3.8, 4) is 0 Å². The van der Waals surface area contributed by atoms with Crippen molar-refractivity contribution in [3.05, 3.63) is 17.9 Å². The minimum Gasteiger partial charge on any atom is -0.447 e. The van der Waals surface area contributed by atoms with Crippen molar-refractivity contribution < 1.29 is 12.8 Å². The zero-order valence-corrected chi connectivity index (χ0v) is 12.5. The maximum absolute atomic E-state index is 12.0. The number of rotatable bonds is 6. The lowest BCUT2D eigenvalue weighted by Gasteiger charge is -2.17. The van der Waals surface area contributed by atoms with Crippen molar-refractivity contribution in [2.45, 2.75) is 51.3 Å². The Labute approximate surface area is 114 Å². The maximum atomic E-state index is 12.0. The number of hydrogen-bond donors (Lipinski definition) is 2. The highest BCUT2D eigenvalue weighted by molar-refractivity contribution is 7.89. The first-order valence-electron chi connectivity index (χ1n) is 6.58. The van der Waals surface area contributed by atoms with Gasteiger partial charge in [0, 0.05) is 12.6 Å². The largest absolute Gasteiger partial charge is 0.447 e. The smallest absolute Gasteiger partial charge is 0.273 e. The lowest BCUT2D eigenvalue weighted by molar-refractivity contribution is 0.384. The molecule has 0 bridgehead atoms. The zero-order valence-electron chi connectivity index (χ0n) is 11.7. The molecule has 1 aromatic rings. The van der Waals surface area contributed by atoms with Crippen LogP contribution in [-0.2, 0) is 16.6 Å². The molecule has 1 aliphatic carbocycles. The van der Waals surface area contributed by atoms with E-state index in [0.717, 1.165) is 0 Å². The molecule has 0 amide bonds. The molecule has 0 saturated heterocycles. The summed E-state index contributed by atoms with van der Waals surface area (Å²) in [6.07, 6.45) is 2.39. The molecule has 2 rings (SSSR count). The minimum absolute atomic E-state index is 0.00986. The average molecular weight is 286 g/mol. The van der Waals surface area contributed by atoms with Gasteiger partial charge in [0.25, 0.3) is 10.0 Å². The molecule has 108 valence electrons. The highest BCUT2D eigenvalue weighted by Crippen LogP contribution is 2.21. The third-order valence-electron chi connectivity index (χ3n) is 2.84. The van der Waals surface area contributed by atoms with Crippen LogP contribution in [0.4, 0.5) is 0 Å². The van der Waals surface area contributed by atoms with Crippen molar-refractivity contribution in [1.82, 2.24) is 10.0 Å². The van der Waals surface area contributed by atoms with Crippen LogP contribution in [0.3, 0.4) is 0 Å². The van der Waals surface area contributed by atoms with E-state index < -0.39 is 10.0 Å². The highest BCUT2D eigenvalue weighted by Gasteiger charge is 2.23. The first-order chi connectivity index (χ1) is 8.76. The quantitative estimate of drug-likeness (QED) is 0.837. The van der Waals surface area contributed by atoms with Gasteiger partial charge in [-0.1, -0.05) is 20.8 Å². The highest BCUT2D eigenvalue weighted by atomic mass is 32.2. The summed E-state index contributed by atoms with van der Waals surface area (Å²) >= 11 is 0. The fourth-order valence-electron chi connectivity index (χ4n) is 1.51. The van der Waals surface area contributed by atoms with Gasteiger partial charge in [-0.2, -0.15) is 0 Å². The summed E-state index contributed by atoms with van der Waals surface area (Å²) in [6, 6.07) is 3.79. The third-order valence-corrected chi connectivity index (χ3v) is 4.11. The summed E-state index contributed by atoms with van der Waals surface area (Å²) in [5.74, 6) is 0.656. The van der Waals surface area contributed by atoms with Crippen molar-refractivity contribution in [3.63, 3.8) is 0 Å². The van der Waals surface area contributed by atoms with E-state index in [-0.39, 0.29) is 10.5 Å². The van der Waals surface area contributed by atoms with E-state index in [1.165, 1.54) is 18.9 Å². The van der Waals surface area contributed by atoms with Crippen LogP contribution in [-0.4, -0.2) is 21.0 Å². The van der Waals surface area contributed by atoms with Crippen LogP contribution in [0, 0.1) is 5.41 Å². The second kappa shape index (κ2) is 5.26. The Morgan fingerprint density at radius 3 is 2.58 bits per heavy atom. The summed E-state index contributed by atoms with van der Waals surface area (Å²) in [5, 5.41) is 3.28. The van der Waals surface area contributed by atoms with Crippen LogP contribution in [0.1, 0.15) is 39.4 Å². The molecular formula is C13H22N2O3S. The van der Waals surface area contributed by atoms with Gasteiger partial charge in [0.1, 0.15) is 5.76 Å². The molecule has 1 fully saturated rings. The molecule has 5 nitrogen and oxygen atoms in total. The van der Waals surface area contributed by atoms with Crippen LogP contribution in [0.5, 0.6) is 0 Å². The predicted octanol–water partition coefficient (Wildman–Crippen LogP) is 1.86. The topological polar surface area (TPSA) is 71.3 Å². The van der Waals surface area contributed by atoms with Gasteiger partial charge >= 0.3 is 0 Å². The normalized spacial score (nSPS) is 16.8. The lowest BCUT2D eigenvalue weighted by atomic mass is 9.98. The van der Waals surface area contributed by atoms with Crippen molar-refractivity contribution in [1.29, 1.82) is 0 Å². The van der Waals surface area contributed by atoms with Crippen molar-refractivity contribution in [2.75, 3.05) is 6.54 Å². The van der Waals surface area contributed by atoms with Crippen LogP contribution >= 0.6 is 0 Å². The molecule has 0 aliphatic heterocycles. The number of hydrogen-bond acceptors (Lipinski definition) is 4. The third kappa shape index (κ3) is 4.63. The summed E-state index contributed by atoms with van der Waals surface area (Å²) in [7, 11) is -3.54. The fraction of sp³-hybridized carbons (Fsp3) is 0.692. The first-order valence-corrected chi connectivity index (χ1v) is 8.06. The molecule has 0 atom stereocenters. The van der Waals surface area contributed by atoms with Gasteiger partial charge < -0.3 is 9.73 Å². The monoisotopic (exact) mass is 286 g/mol. The molecule has 0 radical (unpaired) electrons. The van der Waals surface area contributed by atoms with Gasteiger partial charge in [-0.05, 0) is 30.4 Å². The lowest BCUT2D eigenvalue weighted by Crippen LogP contribution is -2.32. The molecule has 0 spiro atoms. The first kappa shape index (κ1) is 14.6. The van der Waals surface area contributed by atoms with Crippen LogP contribution in [0.25, 0.3) is 0 Å². The second-order valence-corrected chi connectivity index (χ2v) is 7.96. The Balaban J connectivity index is 1.95. The predicted molar refractivity (Wildman–Crippen MR) is 73.2 cm³/mol. The Kier molecular flexibility index (Phi) is 4.03. The van der Waals surface area contributed by atoms with E-state index in [1.54, 1.807) is 6.07 Å². The van der Waals surface area contributed by atoms with Crippen LogP contribution in [0.2, 0.25) is 0 Å². The molecule has 1 saturated carbocycles. The molecule has 6 heteroatoms. The summed E-state index contributed by atoms with van der Waals surface area (Å²) in [6.45, 7) is 6.89. The van der Waals surface area contributed by atoms with Crippen LogP contribution < -0.4 is 10.0 Å². The number of sulfonamides is 1. The van der Waals surface area contributed by atoms with E-state index in [4.69, 9.17) is 4.42 Å². The molecule has 0 unspecified atom stereocenters. The number of nitrogens with one attached hydrogen (secondary N) is 2. The van der Waals surface area contributed by atoms with E-state index in [1.807, 2.05) is 20.8 Å². The fourth-order valence-corrected chi connectivity index (χ4v) is 2.74. The second-order valence-electron chi connectivity index (χ2n) is 6.26. The summed E-state index contributed by atoms with van der Waals surface area (Å²) in [4.78, 5) is 0. The van der Waals surface area contributed by atoms with E-state index >= 15 is 0 Å². The molecular weight excluding hydrogens is 264 g/mol. The van der Waals surface area contributed by atoms with Gasteiger partial charge in [-0.25, -0.2) is 13.1 Å². The van der Waals surface area contributed by atoms with Gasteiger partial charge in [-0.3, -0.25) is 0 Å². The van der Waals surface area contributed by atoms with Gasteiger partial charge in [0.2, 0.25) is 5.09 Å². The maximum Gasteiger partial charge on any atom is 0.273 e. The Morgan fingerprint density at radius 2 is 2.00 bits per heavy atom. The van der Waals surface area contributed by atoms with Gasteiger partial charge in [0.05, 0.1) is 6.54 Å². The molecule has 1 aromatic heterocycles. The van der Waals surface area contributed by atoms with Crippen LogP contribution in [0.15, 0.2) is 21.6 Å². The molecule has 0 aromatic carbocycles. The van der Waals surface area contributed by atoms with Gasteiger partial charge in [0.15, 0.2) is 0 Å². The zero-order chi connectivity index (χ0) is 14.1. The van der Waals surface area contributed by atoms with Gasteiger partial charge in [-0.15, -0.1) is 0 Å². The summed E-state index contributed by atoms with van der Waals surface area (Å²) < 4.78 is 32.0. The van der Waals surface area contributed by atoms with E-state index in [0.29, 0.717) is 24.9 Å². The average Bonchev–Trinajstić information content (AvgIpc) is 3.00. The SMILES string of the molecule is CC(C)(C)CNS(=O)(=O)c1ccc(CNC2CC2)o1. The molecule has 19 heavy (non-hydrogen) atoms. The molecule has 1 heterocycles. The van der Waals surface area contributed by atoms with E-state index in [2.05, 4.69) is 10.0 Å². The number of furan rings is 1. The molecule has 2 N–H and O–H groups in total. The van der Waals surface area contributed by atoms with Crippen molar-refractivity contribution in [2.24, 2.45) is 5.41 Å². The Hall–Kier alpha value is -0.850. The van der Waals surface area contributed by atoms with E-state index in [9.17, 15) is 8.42 Å². The Morgan fingerprint density at radius 1 is 1.32 bits per heavy atom. The molecule has 1 aliphatic rings. The summed E-state index contributed by atoms with van der Waals surface area (Å²) in [5.41, 5.74) is -0.101. The Bertz CT molecular complexity index is 524. The standard InChI is InChI=1S/C13H22N2O3S/c1-13(2,3)9-15-19(16,17)12-7-6-11(18-12)8-14-10-4-5-10/h6-7,10,14-15H,4-5,8-9H2,1-3H3.